The summed E-state index contributed by atoms with van der Waals surface area (Å²) in [7, 11) is -3.18. The van der Waals surface area contributed by atoms with Crippen molar-refractivity contribution in [1.29, 1.82) is 0 Å². The summed E-state index contributed by atoms with van der Waals surface area (Å²) >= 11 is 0. The molecular weight excluding hydrogens is 252 g/mol. The van der Waals surface area contributed by atoms with Crippen molar-refractivity contribution in [3.8, 4) is 0 Å². The van der Waals surface area contributed by atoms with Gasteiger partial charge in [0.25, 0.3) is 0 Å². The van der Waals surface area contributed by atoms with E-state index in [2.05, 4.69) is 5.32 Å². The molecule has 18 heavy (non-hydrogen) atoms. The first-order valence-corrected chi connectivity index (χ1v) is 8.55. The van der Waals surface area contributed by atoms with Gasteiger partial charge in [0.1, 0.15) is 0 Å². The van der Waals surface area contributed by atoms with E-state index in [4.69, 9.17) is 4.74 Å². The van der Waals surface area contributed by atoms with Gasteiger partial charge >= 0.3 is 0 Å². The summed E-state index contributed by atoms with van der Waals surface area (Å²) in [6, 6.07) is 0.323. The Morgan fingerprint density at radius 2 is 2.17 bits per heavy atom. The van der Waals surface area contributed by atoms with Crippen molar-refractivity contribution in [2.75, 3.05) is 32.0 Å². The van der Waals surface area contributed by atoms with Gasteiger partial charge < -0.3 is 10.1 Å². The molecule has 0 aromatic carbocycles. The molecule has 2 aliphatic rings. The van der Waals surface area contributed by atoms with Crippen molar-refractivity contribution >= 4 is 10.0 Å². The number of nitrogens with zero attached hydrogens (tertiary/aromatic N) is 1. The molecule has 2 atom stereocenters. The fourth-order valence-electron chi connectivity index (χ4n) is 2.71. The lowest BCUT2D eigenvalue weighted by atomic mass is 10.2. The van der Waals surface area contributed by atoms with Gasteiger partial charge in [-0.2, -0.15) is 0 Å². The number of hydrogen-bond acceptors (Lipinski definition) is 4. The number of rotatable bonds is 6. The Bertz CT molecular complexity index is 346. The third-order valence-corrected chi connectivity index (χ3v) is 5.74. The lowest BCUT2D eigenvalue weighted by Crippen LogP contribution is -2.43. The van der Waals surface area contributed by atoms with Gasteiger partial charge in [0.15, 0.2) is 0 Å². The summed E-state index contributed by atoms with van der Waals surface area (Å²) in [4.78, 5) is 0. The van der Waals surface area contributed by atoms with Gasteiger partial charge in [0.2, 0.25) is 10.0 Å². The van der Waals surface area contributed by atoms with Gasteiger partial charge in [-0.1, -0.05) is 6.92 Å². The van der Waals surface area contributed by atoms with Crippen molar-refractivity contribution < 1.29 is 13.2 Å². The first-order valence-electron chi connectivity index (χ1n) is 6.94. The van der Waals surface area contributed by atoms with Gasteiger partial charge in [-0.15, -0.1) is 0 Å². The molecule has 0 bridgehead atoms. The van der Waals surface area contributed by atoms with Crippen LogP contribution < -0.4 is 5.32 Å². The summed E-state index contributed by atoms with van der Waals surface area (Å²) in [6.07, 6.45) is 3.98. The molecule has 1 N–H and O–H groups in total. The lowest BCUT2D eigenvalue weighted by molar-refractivity contribution is 0.126. The molecule has 0 radical (unpaired) electrons. The third kappa shape index (κ3) is 3.66. The molecule has 2 unspecified atom stereocenters. The highest BCUT2D eigenvalue weighted by Crippen LogP contribution is 2.17. The molecule has 2 rings (SSSR count). The van der Waals surface area contributed by atoms with Crippen LogP contribution in [0.2, 0.25) is 0 Å². The van der Waals surface area contributed by atoms with Crippen LogP contribution in [-0.2, 0) is 14.8 Å². The predicted octanol–water partition coefficient (Wildman–Crippen LogP) is 0.569. The highest BCUT2D eigenvalue weighted by Gasteiger charge is 2.29. The van der Waals surface area contributed by atoms with Crippen LogP contribution in [0.25, 0.3) is 0 Å². The van der Waals surface area contributed by atoms with E-state index in [1.54, 1.807) is 4.31 Å². The summed E-state index contributed by atoms with van der Waals surface area (Å²) in [5, 5.41) is 3.35. The van der Waals surface area contributed by atoms with Crippen LogP contribution in [0.3, 0.4) is 0 Å². The summed E-state index contributed by atoms with van der Waals surface area (Å²) < 4.78 is 31.7. The van der Waals surface area contributed by atoms with Crippen molar-refractivity contribution in [3.63, 3.8) is 0 Å². The SMILES string of the molecule is CCN(CC1CCCN1)S(=O)(=O)CC1CCCO1. The zero-order valence-corrected chi connectivity index (χ0v) is 11.9. The van der Waals surface area contributed by atoms with Crippen molar-refractivity contribution in [2.45, 2.75) is 44.8 Å². The Morgan fingerprint density at radius 1 is 1.33 bits per heavy atom. The zero-order valence-electron chi connectivity index (χ0n) is 11.1. The molecule has 106 valence electrons. The molecule has 0 aromatic heterocycles. The molecule has 0 aliphatic carbocycles. The molecular formula is C12H24N2O3S. The van der Waals surface area contributed by atoms with Gasteiger partial charge in [0, 0.05) is 25.7 Å². The van der Waals surface area contributed by atoms with Crippen LogP contribution >= 0.6 is 0 Å². The summed E-state index contributed by atoms with van der Waals surface area (Å²) in [5.74, 6) is 0.146. The number of nitrogens with one attached hydrogen (secondary N) is 1. The Morgan fingerprint density at radius 3 is 2.72 bits per heavy atom. The molecule has 0 spiro atoms. The highest BCUT2D eigenvalue weighted by atomic mass is 32.2. The van der Waals surface area contributed by atoms with E-state index in [1.165, 1.54) is 0 Å². The first kappa shape index (κ1) is 14.2. The lowest BCUT2D eigenvalue weighted by Gasteiger charge is -2.25. The van der Waals surface area contributed by atoms with Gasteiger partial charge in [0.05, 0.1) is 11.9 Å². The molecule has 0 saturated carbocycles. The number of likely N-dealkylation sites (N-methyl/N-ethyl adjacent to an activating group) is 1. The fraction of sp³-hybridized carbons (Fsp3) is 1.00. The van der Waals surface area contributed by atoms with E-state index in [1.807, 2.05) is 6.92 Å². The van der Waals surface area contributed by atoms with Crippen LogP contribution in [-0.4, -0.2) is 56.9 Å². The molecule has 2 fully saturated rings. The summed E-state index contributed by atoms with van der Waals surface area (Å²) in [6.45, 7) is 4.77. The minimum absolute atomic E-state index is 0.0967. The molecule has 5 nitrogen and oxygen atoms in total. The maximum Gasteiger partial charge on any atom is 0.216 e. The smallest absolute Gasteiger partial charge is 0.216 e. The Hall–Kier alpha value is -0.170. The standard InChI is InChI=1S/C12H24N2O3S/c1-2-14(9-11-5-3-7-13-11)18(15,16)10-12-6-4-8-17-12/h11-13H,2-10H2,1H3. The van der Waals surface area contributed by atoms with E-state index in [9.17, 15) is 8.42 Å². The van der Waals surface area contributed by atoms with Gasteiger partial charge in [-0.05, 0) is 32.2 Å². The van der Waals surface area contributed by atoms with E-state index in [-0.39, 0.29) is 11.9 Å². The number of sulfonamides is 1. The molecule has 0 amide bonds. The quantitative estimate of drug-likeness (QED) is 0.770. The summed E-state index contributed by atoms with van der Waals surface area (Å²) in [5.41, 5.74) is 0. The second-order valence-corrected chi connectivity index (χ2v) is 7.17. The average Bonchev–Trinajstić information content (AvgIpc) is 2.97. The van der Waals surface area contributed by atoms with E-state index >= 15 is 0 Å². The molecule has 2 aliphatic heterocycles. The Kier molecular flexibility index (Phi) is 5.00. The highest BCUT2D eigenvalue weighted by molar-refractivity contribution is 7.89. The monoisotopic (exact) mass is 276 g/mol. The molecule has 6 heteroatoms. The second-order valence-electron chi connectivity index (χ2n) is 5.16. The van der Waals surface area contributed by atoms with Crippen LogP contribution in [0.4, 0.5) is 0 Å². The number of ether oxygens (including phenoxy) is 1. The van der Waals surface area contributed by atoms with E-state index in [0.29, 0.717) is 25.7 Å². The Labute approximate surface area is 110 Å². The van der Waals surface area contributed by atoms with E-state index in [0.717, 1.165) is 32.2 Å². The predicted molar refractivity (Wildman–Crippen MR) is 71.0 cm³/mol. The van der Waals surface area contributed by atoms with Crippen LogP contribution in [0.15, 0.2) is 0 Å². The van der Waals surface area contributed by atoms with Gasteiger partial charge in [-0.3, -0.25) is 0 Å². The first-order chi connectivity index (χ1) is 8.62. The van der Waals surface area contributed by atoms with Crippen LogP contribution in [0, 0.1) is 0 Å². The minimum Gasteiger partial charge on any atom is -0.377 e. The van der Waals surface area contributed by atoms with Crippen molar-refractivity contribution in [1.82, 2.24) is 9.62 Å². The fourth-order valence-corrected chi connectivity index (χ4v) is 4.46. The Balaban J connectivity index is 1.91. The normalized spacial score (nSPS) is 29.2. The van der Waals surface area contributed by atoms with Crippen molar-refractivity contribution in [3.05, 3.63) is 0 Å². The average molecular weight is 276 g/mol. The second kappa shape index (κ2) is 6.32. The van der Waals surface area contributed by atoms with Gasteiger partial charge in [-0.25, -0.2) is 12.7 Å². The van der Waals surface area contributed by atoms with E-state index < -0.39 is 10.0 Å². The largest absolute Gasteiger partial charge is 0.377 e. The third-order valence-electron chi connectivity index (χ3n) is 3.75. The minimum atomic E-state index is -3.18. The molecule has 2 saturated heterocycles. The van der Waals surface area contributed by atoms with Crippen LogP contribution in [0.1, 0.15) is 32.6 Å². The topological polar surface area (TPSA) is 58.6 Å². The maximum atomic E-state index is 12.3. The number of hydrogen-bond donors (Lipinski definition) is 1. The zero-order chi connectivity index (χ0) is 13.0. The maximum absolute atomic E-state index is 12.3. The molecule has 0 aromatic rings. The van der Waals surface area contributed by atoms with Crippen LogP contribution in [0.5, 0.6) is 0 Å². The van der Waals surface area contributed by atoms with Crippen molar-refractivity contribution in [2.24, 2.45) is 0 Å². The molecule has 2 heterocycles.